The van der Waals surface area contributed by atoms with E-state index in [-0.39, 0.29) is 17.9 Å². The van der Waals surface area contributed by atoms with Gasteiger partial charge in [-0.2, -0.15) is 0 Å². The summed E-state index contributed by atoms with van der Waals surface area (Å²) >= 11 is 0. The van der Waals surface area contributed by atoms with Gasteiger partial charge in [-0.15, -0.1) is 0 Å². The van der Waals surface area contributed by atoms with Crippen LogP contribution in [0.2, 0.25) is 0 Å². The van der Waals surface area contributed by atoms with Gasteiger partial charge in [-0.1, -0.05) is 6.07 Å². The first kappa shape index (κ1) is 18.4. The third-order valence-electron chi connectivity index (χ3n) is 4.54. The van der Waals surface area contributed by atoms with Crippen LogP contribution < -0.4 is 5.32 Å². The molecule has 0 saturated carbocycles. The number of nitrogens with one attached hydrogen (secondary N) is 2. The van der Waals surface area contributed by atoms with Gasteiger partial charge >= 0.3 is 0 Å². The van der Waals surface area contributed by atoms with Crippen LogP contribution in [-0.4, -0.2) is 24.3 Å². The first-order valence-electron chi connectivity index (χ1n) is 8.37. The van der Waals surface area contributed by atoms with Gasteiger partial charge in [-0.3, -0.25) is 5.41 Å². The van der Waals surface area contributed by atoms with Gasteiger partial charge in [-0.05, 0) is 59.8 Å². The lowest BCUT2D eigenvalue weighted by atomic mass is 9.96. The van der Waals surface area contributed by atoms with Gasteiger partial charge < -0.3 is 10.2 Å². The number of hydrogen-bond acceptors (Lipinski definition) is 2. The molecule has 1 aliphatic heterocycles. The lowest BCUT2D eigenvalue weighted by Crippen LogP contribution is -2.26. The Balaban J connectivity index is 1.69. The predicted molar refractivity (Wildman–Crippen MR) is 91.0 cm³/mol. The SMILES string of the molecule is N=CN(CCc1cc2c(cc1F)CNCC2)Cc1cc(F)c(F)c(F)c1. The van der Waals surface area contributed by atoms with Crippen LogP contribution in [0.1, 0.15) is 22.3 Å². The van der Waals surface area contributed by atoms with Crippen molar-refractivity contribution in [3.63, 3.8) is 0 Å². The van der Waals surface area contributed by atoms with Crippen LogP contribution in [0.4, 0.5) is 17.6 Å². The Kier molecular flexibility index (Phi) is 5.56. The smallest absolute Gasteiger partial charge is 0.194 e. The summed E-state index contributed by atoms with van der Waals surface area (Å²) in [5.74, 6) is -4.34. The van der Waals surface area contributed by atoms with Crippen molar-refractivity contribution in [3.8, 4) is 0 Å². The summed E-state index contributed by atoms with van der Waals surface area (Å²) in [4.78, 5) is 1.49. The highest BCUT2D eigenvalue weighted by Gasteiger charge is 2.15. The largest absolute Gasteiger partial charge is 0.358 e. The topological polar surface area (TPSA) is 39.1 Å². The van der Waals surface area contributed by atoms with E-state index in [9.17, 15) is 17.6 Å². The second-order valence-electron chi connectivity index (χ2n) is 6.36. The molecule has 2 aromatic rings. The summed E-state index contributed by atoms with van der Waals surface area (Å²) in [6.07, 6.45) is 2.22. The minimum Gasteiger partial charge on any atom is -0.358 e. The molecule has 3 rings (SSSR count). The zero-order valence-corrected chi connectivity index (χ0v) is 14.1. The molecule has 0 aliphatic carbocycles. The van der Waals surface area contributed by atoms with E-state index in [0.29, 0.717) is 25.1 Å². The summed E-state index contributed by atoms with van der Waals surface area (Å²) in [7, 11) is 0. The highest BCUT2D eigenvalue weighted by atomic mass is 19.2. The molecule has 2 aromatic carbocycles. The number of halogens is 4. The summed E-state index contributed by atoms with van der Waals surface area (Å²) in [5.41, 5.74) is 2.83. The van der Waals surface area contributed by atoms with Crippen molar-refractivity contribution in [2.45, 2.75) is 25.9 Å². The van der Waals surface area contributed by atoms with Crippen molar-refractivity contribution >= 4 is 6.34 Å². The molecule has 7 heteroatoms. The number of hydrogen-bond donors (Lipinski definition) is 2. The molecular formula is C19H19F4N3. The van der Waals surface area contributed by atoms with Crippen LogP contribution in [0.25, 0.3) is 0 Å². The molecule has 3 nitrogen and oxygen atoms in total. The molecule has 0 unspecified atom stereocenters. The average Bonchev–Trinajstić information content (AvgIpc) is 2.63. The lowest BCUT2D eigenvalue weighted by molar-refractivity contribution is 0.411. The van der Waals surface area contributed by atoms with Gasteiger partial charge in [0.1, 0.15) is 5.82 Å². The number of nitrogens with zero attached hydrogens (tertiary/aromatic N) is 1. The molecule has 0 fully saturated rings. The molecule has 26 heavy (non-hydrogen) atoms. The van der Waals surface area contributed by atoms with Gasteiger partial charge in [-0.25, -0.2) is 17.6 Å². The standard InChI is InChI=1S/C19H19F4N3/c20-16-8-15-9-25-3-1-13(15)7-14(16)2-4-26(11-24)10-12-5-17(21)19(23)18(22)6-12/h5-8,11,24-25H,1-4,9-10H2. The number of rotatable bonds is 6. The molecule has 138 valence electrons. The molecule has 0 aromatic heterocycles. The van der Waals surface area contributed by atoms with Crippen LogP contribution in [0, 0.1) is 28.7 Å². The van der Waals surface area contributed by atoms with Crippen molar-refractivity contribution < 1.29 is 17.6 Å². The molecule has 0 saturated heterocycles. The maximum atomic E-state index is 14.3. The minimum absolute atomic E-state index is 0.0358. The van der Waals surface area contributed by atoms with Crippen molar-refractivity contribution in [3.05, 3.63) is 69.8 Å². The first-order valence-corrected chi connectivity index (χ1v) is 8.37. The second kappa shape index (κ2) is 7.86. The van der Waals surface area contributed by atoms with Gasteiger partial charge in [0, 0.05) is 19.6 Å². The van der Waals surface area contributed by atoms with E-state index >= 15 is 0 Å². The van der Waals surface area contributed by atoms with Crippen LogP contribution in [0.15, 0.2) is 24.3 Å². The number of benzene rings is 2. The van der Waals surface area contributed by atoms with Gasteiger partial charge in [0.25, 0.3) is 0 Å². The van der Waals surface area contributed by atoms with Crippen LogP contribution in [-0.2, 0) is 25.9 Å². The molecular weight excluding hydrogens is 346 g/mol. The van der Waals surface area contributed by atoms with Gasteiger partial charge in [0.15, 0.2) is 17.5 Å². The highest BCUT2D eigenvalue weighted by Crippen LogP contribution is 2.20. The fourth-order valence-electron chi connectivity index (χ4n) is 3.13. The third kappa shape index (κ3) is 4.04. The zero-order chi connectivity index (χ0) is 18.7. The summed E-state index contributed by atoms with van der Waals surface area (Å²) in [5, 5.41) is 10.7. The summed E-state index contributed by atoms with van der Waals surface area (Å²) < 4.78 is 53.9. The van der Waals surface area contributed by atoms with Gasteiger partial charge in [0.2, 0.25) is 0 Å². The molecule has 0 radical (unpaired) electrons. The van der Waals surface area contributed by atoms with Crippen molar-refractivity contribution in [1.82, 2.24) is 10.2 Å². The zero-order valence-electron chi connectivity index (χ0n) is 14.1. The fourth-order valence-corrected chi connectivity index (χ4v) is 3.13. The molecule has 0 spiro atoms. The van der Waals surface area contributed by atoms with Crippen molar-refractivity contribution in [2.24, 2.45) is 0 Å². The Morgan fingerprint density at radius 3 is 2.42 bits per heavy atom. The Bertz CT molecular complexity index is 800. The van der Waals surface area contributed by atoms with E-state index in [0.717, 1.165) is 42.6 Å². The first-order chi connectivity index (χ1) is 12.5. The summed E-state index contributed by atoms with van der Waals surface area (Å²) in [6, 6.07) is 5.20. The quantitative estimate of drug-likeness (QED) is 0.356. The van der Waals surface area contributed by atoms with E-state index in [1.165, 1.54) is 11.0 Å². The normalized spacial score (nSPS) is 13.4. The van der Waals surface area contributed by atoms with Gasteiger partial charge in [0.05, 0.1) is 6.34 Å². The Hall–Kier alpha value is -2.41. The molecule has 1 aliphatic rings. The van der Waals surface area contributed by atoms with Crippen LogP contribution in [0.5, 0.6) is 0 Å². The summed E-state index contributed by atoms with van der Waals surface area (Å²) in [6.45, 7) is 1.85. The monoisotopic (exact) mass is 365 g/mol. The minimum atomic E-state index is -1.51. The predicted octanol–water partition coefficient (Wildman–Crippen LogP) is 3.54. The third-order valence-corrected chi connectivity index (χ3v) is 4.54. The van der Waals surface area contributed by atoms with E-state index in [1.807, 2.05) is 6.07 Å². The highest BCUT2D eigenvalue weighted by molar-refractivity contribution is 5.51. The van der Waals surface area contributed by atoms with E-state index in [4.69, 9.17) is 5.41 Å². The molecule has 0 atom stereocenters. The maximum absolute atomic E-state index is 14.3. The Morgan fingerprint density at radius 1 is 1.00 bits per heavy atom. The van der Waals surface area contributed by atoms with E-state index in [2.05, 4.69) is 5.32 Å². The molecule has 1 heterocycles. The number of fused-ring (bicyclic) bond motifs is 1. The Labute approximate surface area is 149 Å². The van der Waals surface area contributed by atoms with E-state index in [1.54, 1.807) is 0 Å². The van der Waals surface area contributed by atoms with Crippen LogP contribution in [0.3, 0.4) is 0 Å². The van der Waals surface area contributed by atoms with Crippen molar-refractivity contribution in [1.29, 1.82) is 5.41 Å². The molecule has 0 amide bonds. The fraction of sp³-hybridized carbons (Fsp3) is 0.316. The second-order valence-corrected chi connectivity index (χ2v) is 6.36. The Morgan fingerprint density at radius 2 is 1.73 bits per heavy atom. The van der Waals surface area contributed by atoms with Crippen molar-refractivity contribution in [2.75, 3.05) is 13.1 Å². The molecule has 0 bridgehead atoms. The van der Waals surface area contributed by atoms with E-state index < -0.39 is 17.5 Å². The maximum Gasteiger partial charge on any atom is 0.194 e. The van der Waals surface area contributed by atoms with Crippen LogP contribution >= 0.6 is 0 Å². The lowest BCUT2D eigenvalue weighted by Gasteiger charge is -2.21. The molecule has 2 N–H and O–H groups in total. The average molecular weight is 365 g/mol.